The molecular formula is C14H30N2O3. The van der Waals surface area contributed by atoms with E-state index in [1.807, 2.05) is 20.8 Å². The minimum absolute atomic E-state index is 0.155. The number of urea groups is 1. The molecule has 3 N–H and O–H groups in total. The first-order chi connectivity index (χ1) is 8.47. The third kappa shape index (κ3) is 8.83. The minimum Gasteiger partial charge on any atom is -0.393 e. The van der Waals surface area contributed by atoms with Crippen LogP contribution in [0, 0.1) is 5.41 Å². The number of carbonyl (C=O) groups is 1. The summed E-state index contributed by atoms with van der Waals surface area (Å²) in [5.41, 5.74) is -1.06. The molecule has 0 heterocycles. The van der Waals surface area contributed by atoms with Gasteiger partial charge in [-0.05, 0) is 39.5 Å². The fourth-order valence-electron chi connectivity index (χ4n) is 2.09. The van der Waals surface area contributed by atoms with E-state index in [9.17, 15) is 15.0 Å². The van der Waals surface area contributed by atoms with Gasteiger partial charge in [-0.1, -0.05) is 13.8 Å². The van der Waals surface area contributed by atoms with Crippen LogP contribution < -0.4 is 5.32 Å². The Hall–Kier alpha value is -0.810. The zero-order valence-electron chi connectivity index (χ0n) is 13.2. The van der Waals surface area contributed by atoms with Gasteiger partial charge in [0.15, 0.2) is 0 Å². The van der Waals surface area contributed by atoms with Crippen LogP contribution >= 0.6 is 0 Å². The van der Waals surface area contributed by atoms with Gasteiger partial charge in [0.25, 0.3) is 0 Å². The molecule has 0 spiro atoms. The lowest BCUT2D eigenvalue weighted by atomic mass is 9.87. The summed E-state index contributed by atoms with van der Waals surface area (Å²) in [4.78, 5) is 13.6. The number of hydrogen-bond acceptors (Lipinski definition) is 3. The van der Waals surface area contributed by atoms with E-state index in [4.69, 9.17) is 0 Å². The van der Waals surface area contributed by atoms with Crippen LogP contribution in [0.25, 0.3) is 0 Å². The molecule has 5 nitrogen and oxygen atoms in total. The Kier molecular flexibility index (Phi) is 6.80. The van der Waals surface area contributed by atoms with E-state index in [1.165, 1.54) is 0 Å². The Bertz CT molecular complexity index is 283. The van der Waals surface area contributed by atoms with Crippen LogP contribution in [0.3, 0.4) is 0 Å². The number of carbonyl (C=O) groups excluding carboxylic acids is 1. The predicted molar refractivity (Wildman–Crippen MR) is 77.0 cm³/mol. The fourth-order valence-corrected chi connectivity index (χ4v) is 2.09. The SMILES string of the molecule is CCN(CC(C)(C)O)C(=O)NCC(C)(C)CC(C)O. The highest BCUT2D eigenvalue weighted by atomic mass is 16.3. The minimum atomic E-state index is -0.900. The first-order valence-electron chi connectivity index (χ1n) is 6.90. The van der Waals surface area contributed by atoms with Crippen LogP contribution in [0.2, 0.25) is 0 Å². The van der Waals surface area contributed by atoms with Crippen molar-refractivity contribution < 1.29 is 15.0 Å². The van der Waals surface area contributed by atoms with E-state index >= 15 is 0 Å². The second-order valence-electron chi connectivity index (χ2n) is 6.70. The molecule has 19 heavy (non-hydrogen) atoms. The maximum atomic E-state index is 12.0. The van der Waals surface area contributed by atoms with Crippen LogP contribution in [-0.4, -0.2) is 52.5 Å². The fraction of sp³-hybridized carbons (Fsp3) is 0.929. The highest BCUT2D eigenvalue weighted by Crippen LogP contribution is 2.21. The van der Waals surface area contributed by atoms with Gasteiger partial charge in [-0.2, -0.15) is 0 Å². The van der Waals surface area contributed by atoms with Gasteiger partial charge in [0.2, 0.25) is 0 Å². The number of likely N-dealkylation sites (N-methyl/N-ethyl adjacent to an activating group) is 1. The van der Waals surface area contributed by atoms with Crippen LogP contribution in [0.4, 0.5) is 4.79 Å². The summed E-state index contributed by atoms with van der Waals surface area (Å²) >= 11 is 0. The molecule has 1 unspecified atom stereocenters. The van der Waals surface area contributed by atoms with Crippen LogP contribution in [0.1, 0.15) is 48.0 Å². The molecule has 0 aliphatic rings. The predicted octanol–water partition coefficient (Wildman–Crippen LogP) is 1.59. The topological polar surface area (TPSA) is 72.8 Å². The molecule has 0 aromatic carbocycles. The Morgan fingerprint density at radius 3 is 2.21 bits per heavy atom. The second kappa shape index (κ2) is 7.10. The summed E-state index contributed by atoms with van der Waals surface area (Å²) in [5, 5.41) is 22.0. The van der Waals surface area contributed by atoms with Crippen molar-refractivity contribution in [2.45, 2.75) is 59.7 Å². The smallest absolute Gasteiger partial charge is 0.317 e. The monoisotopic (exact) mass is 274 g/mol. The van der Waals surface area contributed by atoms with Gasteiger partial charge in [-0.15, -0.1) is 0 Å². The highest BCUT2D eigenvalue weighted by Gasteiger charge is 2.24. The van der Waals surface area contributed by atoms with Crippen LogP contribution in [0.15, 0.2) is 0 Å². The van der Waals surface area contributed by atoms with Gasteiger partial charge in [0, 0.05) is 13.1 Å². The van der Waals surface area contributed by atoms with Gasteiger partial charge in [-0.3, -0.25) is 0 Å². The molecule has 5 heteroatoms. The molecular weight excluding hydrogens is 244 g/mol. The zero-order chi connectivity index (χ0) is 15.3. The molecule has 0 aliphatic carbocycles. The maximum Gasteiger partial charge on any atom is 0.317 e. The van der Waals surface area contributed by atoms with Crippen LogP contribution in [-0.2, 0) is 0 Å². The highest BCUT2D eigenvalue weighted by molar-refractivity contribution is 5.74. The number of rotatable bonds is 7. The second-order valence-corrected chi connectivity index (χ2v) is 6.70. The Morgan fingerprint density at radius 1 is 1.32 bits per heavy atom. The van der Waals surface area contributed by atoms with Gasteiger partial charge >= 0.3 is 6.03 Å². The van der Waals surface area contributed by atoms with E-state index in [0.29, 0.717) is 26.1 Å². The average Bonchev–Trinajstić information content (AvgIpc) is 2.19. The number of nitrogens with zero attached hydrogens (tertiary/aromatic N) is 1. The molecule has 0 aromatic rings. The van der Waals surface area contributed by atoms with E-state index in [-0.39, 0.29) is 17.6 Å². The van der Waals surface area contributed by atoms with Gasteiger partial charge in [0.1, 0.15) is 0 Å². The molecule has 0 saturated heterocycles. The summed E-state index contributed by atoms with van der Waals surface area (Å²) < 4.78 is 0. The van der Waals surface area contributed by atoms with Crippen LogP contribution in [0.5, 0.6) is 0 Å². The lowest BCUT2D eigenvalue weighted by molar-refractivity contribution is 0.0473. The summed E-state index contributed by atoms with van der Waals surface area (Å²) in [6, 6.07) is -0.178. The number of amides is 2. The van der Waals surface area contributed by atoms with Crippen molar-refractivity contribution >= 4 is 6.03 Å². The van der Waals surface area contributed by atoms with Crippen molar-refractivity contribution in [1.82, 2.24) is 10.2 Å². The molecule has 0 aliphatic heterocycles. The van der Waals surface area contributed by atoms with Crippen molar-refractivity contribution in [2.24, 2.45) is 5.41 Å². The van der Waals surface area contributed by atoms with Crippen molar-refractivity contribution in [3.8, 4) is 0 Å². The van der Waals surface area contributed by atoms with Crippen molar-refractivity contribution in [3.63, 3.8) is 0 Å². The molecule has 0 rings (SSSR count). The van der Waals surface area contributed by atoms with Crippen molar-refractivity contribution in [3.05, 3.63) is 0 Å². The lowest BCUT2D eigenvalue weighted by Gasteiger charge is -2.31. The van der Waals surface area contributed by atoms with E-state index < -0.39 is 5.60 Å². The average molecular weight is 274 g/mol. The Balaban J connectivity index is 4.35. The summed E-state index contributed by atoms with van der Waals surface area (Å²) in [5.74, 6) is 0. The first kappa shape index (κ1) is 18.2. The third-order valence-corrected chi connectivity index (χ3v) is 2.81. The molecule has 0 saturated carbocycles. The Morgan fingerprint density at radius 2 is 1.84 bits per heavy atom. The molecule has 2 amide bonds. The Labute approximate surface area is 117 Å². The molecule has 0 radical (unpaired) electrons. The van der Waals surface area contributed by atoms with Gasteiger partial charge in [-0.25, -0.2) is 4.79 Å². The van der Waals surface area contributed by atoms with Gasteiger partial charge in [0.05, 0.1) is 18.2 Å². The molecule has 0 fully saturated rings. The van der Waals surface area contributed by atoms with E-state index in [0.717, 1.165) is 0 Å². The number of aliphatic hydroxyl groups is 2. The van der Waals surface area contributed by atoms with Crippen molar-refractivity contribution in [1.29, 1.82) is 0 Å². The van der Waals surface area contributed by atoms with E-state index in [1.54, 1.807) is 25.7 Å². The molecule has 1 atom stereocenters. The molecule has 0 bridgehead atoms. The van der Waals surface area contributed by atoms with Gasteiger partial charge < -0.3 is 20.4 Å². The summed E-state index contributed by atoms with van der Waals surface area (Å²) in [7, 11) is 0. The first-order valence-corrected chi connectivity index (χ1v) is 6.90. The largest absolute Gasteiger partial charge is 0.393 e. The normalized spacial score (nSPS) is 14.1. The quantitative estimate of drug-likeness (QED) is 0.660. The summed E-state index contributed by atoms with van der Waals surface area (Å²) in [6.45, 7) is 12.3. The lowest BCUT2D eigenvalue weighted by Crippen LogP contribution is -2.48. The van der Waals surface area contributed by atoms with Crippen molar-refractivity contribution in [2.75, 3.05) is 19.6 Å². The number of nitrogens with one attached hydrogen (secondary N) is 1. The zero-order valence-corrected chi connectivity index (χ0v) is 13.2. The number of hydrogen-bond donors (Lipinski definition) is 3. The molecule has 114 valence electrons. The van der Waals surface area contributed by atoms with E-state index in [2.05, 4.69) is 5.32 Å². The maximum absolute atomic E-state index is 12.0. The third-order valence-electron chi connectivity index (χ3n) is 2.81. The number of aliphatic hydroxyl groups excluding tert-OH is 1. The molecule has 0 aromatic heterocycles. The summed E-state index contributed by atoms with van der Waals surface area (Å²) in [6.07, 6.45) is 0.246. The standard InChI is InChI=1S/C14H30N2O3/c1-7-16(10-14(5,6)19)12(18)15-9-13(3,4)8-11(2)17/h11,17,19H,7-10H2,1-6H3,(H,15,18).